The van der Waals surface area contributed by atoms with Gasteiger partial charge >= 0.3 is 0 Å². The monoisotopic (exact) mass is 333 g/mol. The molecule has 3 heteroatoms. The summed E-state index contributed by atoms with van der Waals surface area (Å²) in [6.07, 6.45) is 4.73. The van der Waals surface area contributed by atoms with Crippen LogP contribution in [-0.4, -0.2) is 20.5 Å². The van der Waals surface area contributed by atoms with Crippen LogP contribution in [0.1, 0.15) is 52.7 Å². The molecule has 0 aliphatic rings. The molecule has 0 spiro atoms. The van der Waals surface area contributed by atoms with E-state index in [2.05, 4.69) is 96.2 Å². The summed E-state index contributed by atoms with van der Waals surface area (Å²) in [6.45, 7) is 23.6. The van der Waals surface area contributed by atoms with Crippen LogP contribution >= 0.6 is 0 Å². The Morgan fingerprint density at radius 2 is 1.32 bits per heavy atom. The van der Waals surface area contributed by atoms with Crippen molar-refractivity contribution in [2.75, 3.05) is 0 Å². The highest BCUT2D eigenvalue weighted by atomic mass is 28.3. The Balaban J connectivity index is 3.44. The Morgan fingerprint density at radius 3 is 1.68 bits per heavy atom. The molecule has 1 heterocycles. The lowest BCUT2D eigenvalue weighted by Crippen LogP contribution is -2.51. The van der Waals surface area contributed by atoms with Crippen LogP contribution in [0.5, 0.6) is 0 Å². The predicted octanol–water partition coefficient (Wildman–Crippen LogP) is 6.05. The lowest BCUT2D eigenvalue weighted by Gasteiger charge is -2.44. The fourth-order valence-electron chi connectivity index (χ4n) is 4.06. The highest BCUT2D eigenvalue weighted by molar-refractivity contribution is 6.84. The summed E-state index contributed by atoms with van der Waals surface area (Å²) in [5, 5.41) is 0. The van der Waals surface area contributed by atoms with Crippen LogP contribution in [0.3, 0.4) is 0 Å². The van der Waals surface area contributed by atoms with Crippen molar-refractivity contribution in [3.05, 3.63) is 23.5 Å². The van der Waals surface area contributed by atoms with E-state index >= 15 is 0 Å². The summed E-state index contributed by atoms with van der Waals surface area (Å²) < 4.78 is 2.61. The van der Waals surface area contributed by atoms with Crippen LogP contribution in [0.15, 0.2) is 12.4 Å². The Morgan fingerprint density at radius 1 is 0.864 bits per heavy atom. The van der Waals surface area contributed by atoms with Crippen LogP contribution in [0.25, 0.3) is 0 Å². The summed E-state index contributed by atoms with van der Waals surface area (Å²) in [5.41, 5.74) is 8.26. The van der Waals surface area contributed by atoms with Crippen LogP contribution in [-0.2, 0) is 0 Å². The third kappa shape index (κ3) is 3.78. The Bertz CT molecular complexity index is 541. The number of hydrogen-bond donors (Lipinski definition) is 0. The summed E-state index contributed by atoms with van der Waals surface area (Å²) in [5.74, 6) is 3.48. The van der Waals surface area contributed by atoms with Gasteiger partial charge in [0.25, 0.3) is 0 Å². The average Bonchev–Trinajstić information content (AvgIpc) is 2.66. The van der Waals surface area contributed by atoms with E-state index < -0.39 is 16.3 Å². The molecule has 1 nitrogen and oxygen atoms in total. The van der Waals surface area contributed by atoms with Gasteiger partial charge in [-0.1, -0.05) is 67.1 Å². The lowest BCUT2D eigenvalue weighted by molar-refractivity contribution is 0.765. The zero-order chi connectivity index (χ0) is 17.3. The van der Waals surface area contributed by atoms with Gasteiger partial charge in [-0.05, 0) is 35.3 Å². The first kappa shape index (κ1) is 19.3. The third-order valence-corrected chi connectivity index (χ3v) is 12.4. The second kappa shape index (κ2) is 6.80. The Labute approximate surface area is 140 Å². The van der Waals surface area contributed by atoms with Gasteiger partial charge in [-0.15, -0.1) is 5.54 Å². The lowest BCUT2D eigenvalue weighted by atomic mass is 10.2. The van der Waals surface area contributed by atoms with Crippen molar-refractivity contribution in [1.29, 1.82) is 0 Å². The quantitative estimate of drug-likeness (QED) is 0.467. The molecule has 22 heavy (non-hydrogen) atoms. The molecule has 0 aromatic carbocycles. The van der Waals surface area contributed by atoms with Crippen LogP contribution < -0.4 is 0 Å². The van der Waals surface area contributed by atoms with Crippen molar-refractivity contribution in [1.82, 2.24) is 4.23 Å². The van der Waals surface area contributed by atoms with Crippen LogP contribution in [0.4, 0.5) is 0 Å². The standard InChI is InChI=1S/C19H35NSi2/c1-15(2)22(16(3)4,17(5)6)20-13-18(7)19(14-20)11-12-21(8,9)10/h13-17H,1-10H3. The fraction of sp³-hybridized carbons (Fsp3) is 0.684. The molecule has 0 aliphatic carbocycles. The Kier molecular flexibility index (Phi) is 5.97. The minimum absolute atomic E-state index is 0.720. The zero-order valence-corrected chi connectivity index (χ0v) is 18.3. The van der Waals surface area contributed by atoms with Crippen molar-refractivity contribution in [2.45, 2.75) is 84.7 Å². The third-order valence-electron chi connectivity index (χ3n) is 4.82. The first-order valence-corrected chi connectivity index (χ1v) is 14.3. The number of aryl methyl sites for hydroxylation is 1. The zero-order valence-electron chi connectivity index (χ0n) is 16.3. The SMILES string of the molecule is Cc1cn([Si](C(C)C)(C(C)C)C(C)C)cc1C#C[Si](C)(C)C. The number of aromatic nitrogens is 1. The average molecular weight is 334 g/mol. The van der Waals surface area contributed by atoms with Gasteiger partial charge in [-0.25, -0.2) is 0 Å². The maximum Gasteiger partial charge on any atom is 0.168 e. The molecule has 0 N–H and O–H groups in total. The van der Waals surface area contributed by atoms with Gasteiger partial charge in [0.1, 0.15) is 8.07 Å². The summed E-state index contributed by atoms with van der Waals surface area (Å²) >= 11 is 0. The van der Waals surface area contributed by atoms with Gasteiger partial charge < -0.3 is 4.23 Å². The number of nitrogens with zero attached hydrogens (tertiary/aromatic N) is 1. The smallest absolute Gasteiger partial charge is 0.168 e. The molecule has 0 radical (unpaired) electrons. The van der Waals surface area contributed by atoms with Crippen molar-refractivity contribution in [2.24, 2.45) is 0 Å². The molecule has 0 fully saturated rings. The normalized spacial score (nSPS) is 13.0. The first-order chi connectivity index (χ1) is 9.92. The number of hydrogen-bond acceptors (Lipinski definition) is 0. The molecule has 0 atom stereocenters. The van der Waals surface area contributed by atoms with E-state index in [4.69, 9.17) is 0 Å². The molecule has 124 valence electrons. The van der Waals surface area contributed by atoms with Crippen molar-refractivity contribution in [3.63, 3.8) is 0 Å². The van der Waals surface area contributed by atoms with Gasteiger partial charge in [0, 0.05) is 11.8 Å². The summed E-state index contributed by atoms with van der Waals surface area (Å²) in [6, 6.07) is 0. The molecule has 0 aliphatic heterocycles. The molecule has 0 saturated carbocycles. The van der Waals surface area contributed by atoms with E-state index in [1.807, 2.05) is 0 Å². The van der Waals surface area contributed by atoms with E-state index in [9.17, 15) is 0 Å². The minimum atomic E-state index is -1.63. The predicted molar refractivity (Wildman–Crippen MR) is 106 cm³/mol. The van der Waals surface area contributed by atoms with Gasteiger partial charge in [0.05, 0.1) is 0 Å². The second-order valence-electron chi connectivity index (χ2n) is 8.61. The molecule has 1 aromatic rings. The van der Waals surface area contributed by atoms with Gasteiger partial charge in [0.2, 0.25) is 0 Å². The largest absolute Gasteiger partial charge is 0.378 e. The van der Waals surface area contributed by atoms with Crippen molar-refractivity contribution in [3.8, 4) is 11.5 Å². The highest BCUT2D eigenvalue weighted by Crippen LogP contribution is 2.42. The van der Waals surface area contributed by atoms with Crippen LogP contribution in [0, 0.1) is 18.4 Å². The topological polar surface area (TPSA) is 4.93 Å². The van der Waals surface area contributed by atoms with E-state index in [1.165, 1.54) is 11.1 Å². The molecule has 0 unspecified atom stereocenters. The maximum atomic E-state index is 3.52. The van der Waals surface area contributed by atoms with Gasteiger partial charge in [0.15, 0.2) is 8.24 Å². The van der Waals surface area contributed by atoms with Crippen molar-refractivity contribution >= 4 is 16.3 Å². The molecular formula is C19H35NSi2. The maximum absolute atomic E-state index is 3.52. The highest BCUT2D eigenvalue weighted by Gasteiger charge is 2.45. The second-order valence-corrected chi connectivity index (χ2v) is 19.1. The molecule has 1 rings (SSSR count). The van der Waals surface area contributed by atoms with E-state index in [0.29, 0.717) is 0 Å². The van der Waals surface area contributed by atoms with E-state index in [1.54, 1.807) is 0 Å². The van der Waals surface area contributed by atoms with Crippen LogP contribution in [0.2, 0.25) is 36.3 Å². The van der Waals surface area contributed by atoms with Gasteiger partial charge in [-0.2, -0.15) is 0 Å². The summed E-state index contributed by atoms with van der Waals surface area (Å²) in [4.78, 5) is 0. The molecule has 0 saturated heterocycles. The minimum Gasteiger partial charge on any atom is -0.378 e. The molecule has 0 bridgehead atoms. The van der Waals surface area contributed by atoms with E-state index in [0.717, 1.165) is 16.6 Å². The van der Waals surface area contributed by atoms with E-state index in [-0.39, 0.29) is 0 Å². The molecule has 1 aromatic heterocycles. The molecule has 0 amide bonds. The molecular weight excluding hydrogens is 298 g/mol. The van der Waals surface area contributed by atoms with Crippen molar-refractivity contribution < 1.29 is 0 Å². The summed E-state index contributed by atoms with van der Waals surface area (Å²) in [7, 11) is -2.95. The first-order valence-electron chi connectivity index (χ1n) is 8.65. The van der Waals surface area contributed by atoms with Gasteiger partial charge in [-0.3, -0.25) is 0 Å². The number of rotatable bonds is 4. The Hall–Kier alpha value is -0.726. The fourth-order valence-corrected chi connectivity index (χ4v) is 11.1.